The molecule has 0 aromatic heterocycles. The highest BCUT2D eigenvalue weighted by Crippen LogP contribution is 2.18. The monoisotopic (exact) mass is 210 g/mol. The summed E-state index contributed by atoms with van der Waals surface area (Å²) in [7, 11) is 1.48. The van der Waals surface area contributed by atoms with E-state index in [0.29, 0.717) is 11.1 Å². The van der Waals surface area contributed by atoms with Gasteiger partial charge in [-0.1, -0.05) is 0 Å². The molecule has 2 nitrogen and oxygen atoms in total. The van der Waals surface area contributed by atoms with Gasteiger partial charge in [-0.3, -0.25) is 4.79 Å². The number of Topliss-reactive ketones (excluding diaryl/α,β-unsaturated/α-hetero) is 1. The third kappa shape index (κ3) is 2.42. The normalized spacial score (nSPS) is 11.5. The summed E-state index contributed by atoms with van der Waals surface area (Å²) >= 11 is 0. The van der Waals surface area contributed by atoms with Gasteiger partial charge in [-0.05, 0) is 44.5 Å². The van der Waals surface area contributed by atoms with Crippen LogP contribution in [0.25, 0.3) is 0 Å². The minimum absolute atomic E-state index is 0.145. The molecule has 0 aliphatic rings. The third-order valence-corrected chi connectivity index (χ3v) is 2.48. The molecule has 15 heavy (non-hydrogen) atoms. The molecular weight excluding hydrogens is 195 g/mol. The van der Waals surface area contributed by atoms with Crippen molar-refractivity contribution >= 4 is 5.78 Å². The van der Waals surface area contributed by atoms with Crippen LogP contribution in [0.4, 0.5) is 4.39 Å². The Morgan fingerprint density at radius 1 is 1.40 bits per heavy atom. The molecule has 0 saturated heterocycles. The number of methoxy groups -OCH3 is 1. The number of halogens is 1. The quantitative estimate of drug-likeness (QED) is 0.717. The van der Waals surface area contributed by atoms with Gasteiger partial charge in [0, 0.05) is 12.7 Å². The Morgan fingerprint density at radius 2 is 2.00 bits per heavy atom. The van der Waals surface area contributed by atoms with Crippen LogP contribution in [0.3, 0.4) is 0 Å². The van der Waals surface area contributed by atoms with Crippen LogP contribution in [0.5, 0.6) is 0 Å². The average molecular weight is 210 g/mol. The number of ether oxygens (including phenoxy) is 1. The summed E-state index contributed by atoms with van der Waals surface area (Å²) in [4.78, 5) is 11.9. The van der Waals surface area contributed by atoms with Crippen molar-refractivity contribution in [1.82, 2.24) is 0 Å². The second kappa shape index (κ2) is 4.11. The van der Waals surface area contributed by atoms with Gasteiger partial charge in [0.25, 0.3) is 0 Å². The lowest BCUT2D eigenvalue weighted by molar-refractivity contribution is 0.0228. The number of rotatable bonds is 3. The van der Waals surface area contributed by atoms with E-state index in [0.717, 1.165) is 0 Å². The van der Waals surface area contributed by atoms with Gasteiger partial charge in [-0.2, -0.15) is 0 Å². The Balaban J connectivity index is 3.08. The zero-order chi connectivity index (χ0) is 11.6. The smallest absolute Gasteiger partial charge is 0.194 e. The molecule has 0 saturated carbocycles. The number of aryl methyl sites for hydroxylation is 1. The average Bonchev–Trinajstić information content (AvgIpc) is 2.21. The Morgan fingerprint density at radius 3 is 2.47 bits per heavy atom. The topological polar surface area (TPSA) is 26.3 Å². The van der Waals surface area contributed by atoms with E-state index in [1.54, 1.807) is 26.8 Å². The predicted molar refractivity (Wildman–Crippen MR) is 56.6 cm³/mol. The van der Waals surface area contributed by atoms with Gasteiger partial charge in [0.1, 0.15) is 11.4 Å². The van der Waals surface area contributed by atoms with Crippen LogP contribution in [0, 0.1) is 12.7 Å². The molecule has 0 aliphatic heterocycles. The van der Waals surface area contributed by atoms with Crippen molar-refractivity contribution in [3.05, 3.63) is 35.1 Å². The van der Waals surface area contributed by atoms with Gasteiger partial charge in [-0.25, -0.2) is 4.39 Å². The number of ketones is 1. The van der Waals surface area contributed by atoms with Gasteiger partial charge < -0.3 is 4.74 Å². The summed E-state index contributed by atoms with van der Waals surface area (Å²) in [6.07, 6.45) is 0. The first kappa shape index (κ1) is 11.9. The van der Waals surface area contributed by atoms with Crippen molar-refractivity contribution in [3.63, 3.8) is 0 Å². The van der Waals surface area contributed by atoms with Crippen molar-refractivity contribution < 1.29 is 13.9 Å². The van der Waals surface area contributed by atoms with E-state index < -0.39 is 5.60 Å². The number of hydrogen-bond acceptors (Lipinski definition) is 2. The molecule has 0 radical (unpaired) electrons. The second-order valence-electron chi connectivity index (χ2n) is 4.01. The molecule has 0 unspecified atom stereocenters. The van der Waals surface area contributed by atoms with Gasteiger partial charge in [0.05, 0.1) is 0 Å². The summed E-state index contributed by atoms with van der Waals surface area (Å²) < 4.78 is 18.1. The minimum Gasteiger partial charge on any atom is -0.371 e. The fraction of sp³-hybridized carbons (Fsp3) is 0.417. The number of hydrogen-bond donors (Lipinski definition) is 0. The van der Waals surface area contributed by atoms with Crippen molar-refractivity contribution in [3.8, 4) is 0 Å². The summed E-state index contributed by atoms with van der Waals surface area (Å²) in [6.45, 7) is 5.01. The van der Waals surface area contributed by atoms with Crippen molar-refractivity contribution in [2.45, 2.75) is 26.4 Å². The first-order valence-corrected chi connectivity index (χ1v) is 4.74. The fourth-order valence-corrected chi connectivity index (χ4v) is 1.23. The minimum atomic E-state index is -0.871. The summed E-state index contributed by atoms with van der Waals surface area (Å²) in [6, 6.07) is 4.32. The molecule has 0 N–H and O–H groups in total. The second-order valence-corrected chi connectivity index (χ2v) is 4.01. The van der Waals surface area contributed by atoms with Crippen LogP contribution in [-0.2, 0) is 4.74 Å². The van der Waals surface area contributed by atoms with Gasteiger partial charge in [-0.15, -0.1) is 0 Å². The number of carbonyl (C=O) groups is 1. The van der Waals surface area contributed by atoms with E-state index in [1.807, 2.05) is 0 Å². The number of carbonyl (C=O) groups excluding carboxylic acids is 1. The van der Waals surface area contributed by atoms with Crippen LogP contribution < -0.4 is 0 Å². The van der Waals surface area contributed by atoms with Crippen LogP contribution >= 0.6 is 0 Å². The molecule has 1 aromatic rings. The van der Waals surface area contributed by atoms with E-state index in [-0.39, 0.29) is 11.6 Å². The Bertz CT molecular complexity index is 383. The summed E-state index contributed by atoms with van der Waals surface area (Å²) in [5.41, 5.74) is 0.0677. The lowest BCUT2D eigenvalue weighted by Crippen LogP contribution is -2.33. The van der Waals surface area contributed by atoms with Crippen molar-refractivity contribution in [2.75, 3.05) is 7.11 Å². The first-order valence-electron chi connectivity index (χ1n) is 4.74. The Labute approximate surface area is 89.1 Å². The number of benzene rings is 1. The molecule has 1 rings (SSSR count). The van der Waals surface area contributed by atoms with Crippen molar-refractivity contribution in [2.24, 2.45) is 0 Å². The molecule has 0 bridgehead atoms. The van der Waals surface area contributed by atoms with Gasteiger partial charge in [0.2, 0.25) is 0 Å². The van der Waals surface area contributed by atoms with Crippen LogP contribution in [0.15, 0.2) is 18.2 Å². The molecule has 0 spiro atoms. The largest absolute Gasteiger partial charge is 0.371 e. The molecule has 0 fully saturated rings. The lowest BCUT2D eigenvalue weighted by atomic mass is 9.95. The first-order chi connectivity index (χ1) is 6.88. The molecular formula is C12H15FO2. The van der Waals surface area contributed by atoms with Gasteiger partial charge in [0.15, 0.2) is 5.78 Å². The highest BCUT2D eigenvalue weighted by molar-refractivity contribution is 6.02. The van der Waals surface area contributed by atoms with E-state index in [1.165, 1.54) is 19.2 Å². The highest BCUT2D eigenvalue weighted by atomic mass is 19.1. The molecule has 1 aromatic carbocycles. The molecule has 0 amide bonds. The van der Waals surface area contributed by atoms with E-state index >= 15 is 0 Å². The van der Waals surface area contributed by atoms with Crippen molar-refractivity contribution in [1.29, 1.82) is 0 Å². The zero-order valence-corrected chi connectivity index (χ0v) is 9.43. The summed E-state index contributed by atoms with van der Waals surface area (Å²) in [5.74, 6) is -0.449. The molecule has 82 valence electrons. The predicted octanol–water partition coefficient (Wildman–Crippen LogP) is 2.74. The van der Waals surface area contributed by atoms with E-state index in [9.17, 15) is 9.18 Å². The molecule has 0 aliphatic carbocycles. The maximum Gasteiger partial charge on any atom is 0.194 e. The SMILES string of the molecule is COC(C)(C)C(=O)c1ccc(F)c(C)c1. The lowest BCUT2D eigenvalue weighted by Gasteiger charge is -2.21. The van der Waals surface area contributed by atoms with E-state index in [2.05, 4.69) is 0 Å². The molecule has 3 heteroatoms. The Kier molecular flexibility index (Phi) is 3.25. The molecule has 0 heterocycles. The zero-order valence-electron chi connectivity index (χ0n) is 9.43. The Hall–Kier alpha value is -1.22. The van der Waals surface area contributed by atoms with Crippen LogP contribution in [-0.4, -0.2) is 18.5 Å². The highest BCUT2D eigenvalue weighted by Gasteiger charge is 2.28. The standard InChI is InChI=1S/C12H15FO2/c1-8-7-9(5-6-10(8)13)11(14)12(2,3)15-4/h5-7H,1-4H3. The van der Waals surface area contributed by atoms with Crippen LogP contribution in [0.1, 0.15) is 29.8 Å². The van der Waals surface area contributed by atoms with E-state index in [4.69, 9.17) is 4.74 Å². The summed E-state index contributed by atoms with van der Waals surface area (Å²) in [5, 5.41) is 0. The molecule has 0 atom stereocenters. The fourth-order valence-electron chi connectivity index (χ4n) is 1.23. The van der Waals surface area contributed by atoms with Crippen LogP contribution in [0.2, 0.25) is 0 Å². The maximum atomic E-state index is 13.0. The maximum absolute atomic E-state index is 13.0. The van der Waals surface area contributed by atoms with Gasteiger partial charge >= 0.3 is 0 Å². The third-order valence-electron chi connectivity index (χ3n) is 2.48.